The SMILES string of the molecule is CC(=O)NCCNCc1ccn(-c2ccccc2)n1. The van der Waals surface area contributed by atoms with Gasteiger partial charge in [-0.25, -0.2) is 4.68 Å². The first-order valence-electron chi connectivity index (χ1n) is 6.31. The zero-order chi connectivity index (χ0) is 13.5. The summed E-state index contributed by atoms with van der Waals surface area (Å²) in [6.07, 6.45) is 1.94. The first-order valence-corrected chi connectivity index (χ1v) is 6.31. The van der Waals surface area contributed by atoms with E-state index >= 15 is 0 Å². The Kier molecular flexibility index (Phi) is 4.69. The fourth-order valence-electron chi connectivity index (χ4n) is 1.72. The molecule has 1 amide bonds. The first-order chi connectivity index (χ1) is 9.25. The van der Waals surface area contributed by atoms with Crippen LogP contribution in [0, 0.1) is 0 Å². The number of carbonyl (C=O) groups excluding carboxylic acids is 1. The van der Waals surface area contributed by atoms with Crippen molar-refractivity contribution in [3.8, 4) is 5.69 Å². The fourth-order valence-corrected chi connectivity index (χ4v) is 1.72. The van der Waals surface area contributed by atoms with Crippen LogP contribution in [0.5, 0.6) is 0 Å². The third kappa shape index (κ3) is 4.22. The molecule has 1 aromatic heterocycles. The number of nitrogens with zero attached hydrogens (tertiary/aromatic N) is 2. The predicted octanol–water partition coefficient (Wildman–Crippen LogP) is 1.10. The molecule has 5 nitrogen and oxygen atoms in total. The van der Waals surface area contributed by atoms with Gasteiger partial charge in [-0.15, -0.1) is 0 Å². The van der Waals surface area contributed by atoms with Crippen LogP contribution in [0.25, 0.3) is 5.69 Å². The number of carbonyl (C=O) groups is 1. The number of aromatic nitrogens is 2. The van der Waals surface area contributed by atoms with Crippen LogP contribution >= 0.6 is 0 Å². The minimum Gasteiger partial charge on any atom is -0.355 e. The fraction of sp³-hybridized carbons (Fsp3) is 0.286. The molecule has 0 bridgehead atoms. The maximum absolute atomic E-state index is 10.7. The van der Waals surface area contributed by atoms with E-state index in [0.717, 1.165) is 17.9 Å². The summed E-state index contributed by atoms with van der Waals surface area (Å²) < 4.78 is 1.85. The number of hydrogen-bond donors (Lipinski definition) is 2. The highest BCUT2D eigenvalue weighted by molar-refractivity contribution is 5.72. The van der Waals surface area contributed by atoms with Gasteiger partial charge in [-0.05, 0) is 18.2 Å². The van der Waals surface area contributed by atoms with Crippen molar-refractivity contribution in [3.05, 3.63) is 48.3 Å². The van der Waals surface area contributed by atoms with Crippen molar-refractivity contribution in [2.45, 2.75) is 13.5 Å². The Labute approximate surface area is 112 Å². The second-order valence-electron chi connectivity index (χ2n) is 4.25. The molecule has 0 unspecified atom stereocenters. The highest BCUT2D eigenvalue weighted by Gasteiger charge is 2.00. The lowest BCUT2D eigenvalue weighted by atomic mass is 10.3. The Balaban J connectivity index is 1.80. The van der Waals surface area contributed by atoms with Crippen LogP contribution < -0.4 is 10.6 Å². The van der Waals surface area contributed by atoms with Crippen molar-refractivity contribution >= 4 is 5.91 Å². The highest BCUT2D eigenvalue weighted by Crippen LogP contribution is 2.06. The van der Waals surface area contributed by atoms with Gasteiger partial charge in [0.05, 0.1) is 11.4 Å². The van der Waals surface area contributed by atoms with Gasteiger partial charge >= 0.3 is 0 Å². The second-order valence-corrected chi connectivity index (χ2v) is 4.25. The smallest absolute Gasteiger partial charge is 0.216 e. The van der Waals surface area contributed by atoms with Gasteiger partial charge in [0.15, 0.2) is 0 Å². The number of benzene rings is 1. The van der Waals surface area contributed by atoms with E-state index in [2.05, 4.69) is 15.7 Å². The van der Waals surface area contributed by atoms with E-state index in [0.29, 0.717) is 13.1 Å². The van der Waals surface area contributed by atoms with Crippen LogP contribution in [-0.4, -0.2) is 28.8 Å². The van der Waals surface area contributed by atoms with Gasteiger partial charge in [0.25, 0.3) is 0 Å². The normalized spacial score (nSPS) is 10.4. The van der Waals surface area contributed by atoms with E-state index in [9.17, 15) is 4.79 Å². The summed E-state index contributed by atoms with van der Waals surface area (Å²) in [6, 6.07) is 12.0. The Bertz CT molecular complexity index is 521. The molecule has 1 heterocycles. The van der Waals surface area contributed by atoms with Crippen LogP contribution in [-0.2, 0) is 11.3 Å². The van der Waals surface area contributed by atoms with E-state index < -0.39 is 0 Å². The summed E-state index contributed by atoms with van der Waals surface area (Å²) in [5, 5.41) is 10.4. The summed E-state index contributed by atoms with van der Waals surface area (Å²) >= 11 is 0. The minimum atomic E-state index is -0.00449. The van der Waals surface area contributed by atoms with Crippen LogP contribution in [0.3, 0.4) is 0 Å². The van der Waals surface area contributed by atoms with Gasteiger partial charge in [0.2, 0.25) is 5.91 Å². The zero-order valence-corrected chi connectivity index (χ0v) is 11.0. The molecule has 0 fully saturated rings. The molecule has 1 aromatic carbocycles. The van der Waals surface area contributed by atoms with Crippen LogP contribution in [0.2, 0.25) is 0 Å². The number of nitrogens with one attached hydrogen (secondary N) is 2. The molecule has 0 spiro atoms. The first kappa shape index (κ1) is 13.3. The van der Waals surface area contributed by atoms with Crippen molar-refractivity contribution in [2.75, 3.05) is 13.1 Å². The third-order valence-corrected chi connectivity index (χ3v) is 2.65. The van der Waals surface area contributed by atoms with Gasteiger partial charge in [-0.2, -0.15) is 5.10 Å². The van der Waals surface area contributed by atoms with Crippen LogP contribution in [0.1, 0.15) is 12.6 Å². The van der Waals surface area contributed by atoms with E-state index in [1.54, 1.807) is 0 Å². The largest absolute Gasteiger partial charge is 0.355 e. The maximum atomic E-state index is 10.7. The topological polar surface area (TPSA) is 59.0 Å². The van der Waals surface area contributed by atoms with Crippen molar-refractivity contribution in [3.63, 3.8) is 0 Å². The average Bonchev–Trinajstić information content (AvgIpc) is 2.88. The molecule has 0 atom stereocenters. The van der Waals surface area contributed by atoms with Crippen LogP contribution in [0.4, 0.5) is 0 Å². The van der Waals surface area contributed by atoms with Crippen molar-refractivity contribution < 1.29 is 4.79 Å². The van der Waals surface area contributed by atoms with Gasteiger partial charge in [0.1, 0.15) is 0 Å². The molecular formula is C14H18N4O. The molecule has 2 N–H and O–H groups in total. The van der Waals surface area contributed by atoms with Gasteiger partial charge < -0.3 is 10.6 Å². The van der Waals surface area contributed by atoms with Crippen molar-refractivity contribution in [2.24, 2.45) is 0 Å². The Hall–Kier alpha value is -2.14. The molecule has 0 radical (unpaired) electrons. The Morgan fingerprint density at radius 1 is 1.21 bits per heavy atom. The lowest BCUT2D eigenvalue weighted by Crippen LogP contribution is -2.30. The summed E-state index contributed by atoms with van der Waals surface area (Å²) in [4.78, 5) is 10.7. The summed E-state index contributed by atoms with van der Waals surface area (Å²) in [5.41, 5.74) is 2.03. The summed E-state index contributed by atoms with van der Waals surface area (Å²) in [7, 11) is 0. The van der Waals surface area contributed by atoms with Crippen molar-refractivity contribution in [1.29, 1.82) is 0 Å². The standard InChI is InChI=1S/C14H18N4O/c1-12(19)16-9-8-15-11-13-7-10-18(17-13)14-5-3-2-4-6-14/h2-7,10,15H,8-9,11H2,1H3,(H,16,19). The zero-order valence-electron chi connectivity index (χ0n) is 11.0. The molecule has 2 rings (SSSR count). The molecule has 19 heavy (non-hydrogen) atoms. The number of amides is 1. The molecule has 0 saturated carbocycles. The second kappa shape index (κ2) is 6.70. The molecule has 100 valence electrons. The molecule has 0 aliphatic carbocycles. The highest BCUT2D eigenvalue weighted by atomic mass is 16.1. The average molecular weight is 258 g/mol. The van der Waals surface area contributed by atoms with Gasteiger partial charge in [-0.1, -0.05) is 18.2 Å². The Morgan fingerprint density at radius 3 is 2.74 bits per heavy atom. The molecule has 2 aromatic rings. The monoisotopic (exact) mass is 258 g/mol. The lowest BCUT2D eigenvalue weighted by molar-refractivity contribution is -0.118. The molecule has 5 heteroatoms. The molecule has 0 aliphatic rings. The molecule has 0 aliphatic heterocycles. The van der Waals surface area contributed by atoms with E-state index in [-0.39, 0.29) is 5.91 Å². The lowest BCUT2D eigenvalue weighted by Gasteiger charge is -2.03. The summed E-state index contributed by atoms with van der Waals surface area (Å²) in [5.74, 6) is -0.00449. The Morgan fingerprint density at radius 2 is 2.00 bits per heavy atom. The number of para-hydroxylation sites is 1. The third-order valence-electron chi connectivity index (χ3n) is 2.65. The van der Waals surface area contributed by atoms with Gasteiger partial charge in [-0.3, -0.25) is 4.79 Å². The van der Waals surface area contributed by atoms with E-state index in [1.807, 2.05) is 47.3 Å². The molecule has 0 saturated heterocycles. The number of rotatable bonds is 6. The van der Waals surface area contributed by atoms with Crippen LogP contribution in [0.15, 0.2) is 42.6 Å². The predicted molar refractivity (Wildman–Crippen MR) is 74.0 cm³/mol. The maximum Gasteiger partial charge on any atom is 0.216 e. The van der Waals surface area contributed by atoms with E-state index in [1.165, 1.54) is 6.92 Å². The summed E-state index contributed by atoms with van der Waals surface area (Å²) in [6.45, 7) is 3.58. The van der Waals surface area contributed by atoms with Gasteiger partial charge in [0, 0.05) is 32.8 Å². The number of hydrogen-bond acceptors (Lipinski definition) is 3. The minimum absolute atomic E-state index is 0.00449. The van der Waals surface area contributed by atoms with E-state index in [4.69, 9.17) is 0 Å². The van der Waals surface area contributed by atoms with Crippen molar-refractivity contribution in [1.82, 2.24) is 20.4 Å². The molecular weight excluding hydrogens is 240 g/mol. The quantitative estimate of drug-likeness (QED) is 0.763.